The molecule has 1 aromatic rings. The van der Waals surface area contributed by atoms with E-state index in [-0.39, 0.29) is 17.1 Å². The molecule has 0 fully saturated rings. The van der Waals surface area contributed by atoms with E-state index in [1.54, 1.807) is 20.8 Å². The van der Waals surface area contributed by atoms with Crippen LogP contribution < -0.4 is 14.8 Å². The number of carboxylic acid groups (broad SMARTS) is 1. The minimum Gasteiger partial charge on any atom is -0.493 e. The number of rotatable bonds is 6. The molecule has 1 amide bonds. The Kier molecular flexibility index (Phi) is 5.89. The fraction of sp³-hybridized carbons (Fsp3) is 0.467. The van der Waals surface area contributed by atoms with Crippen molar-refractivity contribution in [2.24, 2.45) is 5.41 Å². The molecule has 23 heavy (non-hydrogen) atoms. The second-order valence-electron chi connectivity index (χ2n) is 5.85. The summed E-state index contributed by atoms with van der Waals surface area (Å²) in [6, 6.07) is 2.55. The molecule has 0 saturated carbocycles. The highest BCUT2D eigenvalue weighted by Crippen LogP contribution is 2.29. The van der Waals surface area contributed by atoms with Crippen molar-refractivity contribution in [1.82, 2.24) is 5.32 Å². The van der Waals surface area contributed by atoms with Gasteiger partial charge in [0.1, 0.15) is 6.04 Å². The first kappa shape index (κ1) is 18.7. The van der Waals surface area contributed by atoms with Crippen LogP contribution >= 0.6 is 0 Å². The maximum atomic E-state index is 12.4. The number of aliphatic carboxylic acids is 1. The smallest absolute Gasteiger partial charge is 0.387 e. The molecule has 0 aliphatic heterocycles. The number of carbonyl (C=O) groups excluding carboxylic acids is 1. The summed E-state index contributed by atoms with van der Waals surface area (Å²) < 4.78 is 33.9. The maximum Gasteiger partial charge on any atom is 0.387 e. The normalized spacial score (nSPS) is 12.7. The van der Waals surface area contributed by atoms with Gasteiger partial charge in [0, 0.05) is 5.56 Å². The second-order valence-corrected chi connectivity index (χ2v) is 5.85. The summed E-state index contributed by atoms with van der Waals surface area (Å²) >= 11 is 0. The Morgan fingerprint density at radius 2 is 1.83 bits per heavy atom. The van der Waals surface area contributed by atoms with Crippen LogP contribution in [-0.4, -0.2) is 36.7 Å². The highest BCUT2D eigenvalue weighted by Gasteiger charge is 2.33. The van der Waals surface area contributed by atoms with Crippen LogP contribution in [0.15, 0.2) is 18.2 Å². The van der Waals surface area contributed by atoms with E-state index >= 15 is 0 Å². The molecule has 0 radical (unpaired) electrons. The lowest BCUT2D eigenvalue weighted by Crippen LogP contribution is -2.49. The van der Waals surface area contributed by atoms with E-state index in [0.717, 1.165) is 6.07 Å². The zero-order chi connectivity index (χ0) is 17.8. The summed E-state index contributed by atoms with van der Waals surface area (Å²) in [4.78, 5) is 23.5. The summed E-state index contributed by atoms with van der Waals surface area (Å²) in [6.07, 6.45) is 0. The van der Waals surface area contributed by atoms with Crippen molar-refractivity contribution in [2.75, 3.05) is 7.11 Å². The topological polar surface area (TPSA) is 84.9 Å². The van der Waals surface area contributed by atoms with Crippen molar-refractivity contribution < 1.29 is 33.0 Å². The van der Waals surface area contributed by atoms with Crippen LogP contribution in [0.3, 0.4) is 0 Å². The number of halogens is 2. The van der Waals surface area contributed by atoms with Crippen molar-refractivity contribution in [1.29, 1.82) is 0 Å². The Hall–Kier alpha value is -2.38. The van der Waals surface area contributed by atoms with Crippen LogP contribution in [0, 0.1) is 5.41 Å². The Morgan fingerprint density at radius 3 is 2.26 bits per heavy atom. The van der Waals surface area contributed by atoms with Crippen LogP contribution in [0.5, 0.6) is 11.5 Å². The SMILES string of the molecule is COc1ccc(C(=O)N[C@@H](C(=O)O)C(C)(C)C)cc1OC(F)F. The van der Waals surface area contributed by atoms with Gasteiger partial charge in [-0.2, -0.15) is 8.78 Å². The number of hydrogen-bond acceptors (Lipinski definition) is 4. The first-order chi connectivity index (χ1) is 10.6. The Morgan fingerprint density at radius 1 is 1.22 bits per heavy atom. The van der Waals surface area contributed by atoms with Gasteiger partial charge in [0.15, 0.2) is 11.5 Å². The third-order valence-electron chi connectivity index (χ3n) is 3.03. The monoisotopic (exact) mass is 331 g/mol. The molecule has 0 heterocycles. The zero-order valence-corrected chi connectivity index (χ0v) is 13.2. The molecule has 2 N–H and O–H groups in total. The highest BCUT2D eigenvalue weighted by molar-refractivity contribution is 5.97. The van der Waals surface area contributed by atoms with Crippen LogP contribution in [0.4, 0.5) is 8.78 Å². The molecule has 0 aliphatic carbocycles. The zero-order valence-electron chi connectivity index (χ0n) is 13.2. The highest BCUT2D eigenvalue weighted by atomic mass is 19.3. The molecule has 6 nitrogen and oxygen atoms in total. The first-order valence-corrected chi connectivity index (χ1v) is 6.72. The van der Waals surface area contributed by atoms with Gasteiger partial charge in [-0.25, -0.2) is 4.79 Å². The molecule has 128 valence electrons. The number of alkyl halides is 2. The average molecular weight is 331 g/mol. The fourth-order valence-corrected chi connectivity index (χ4v) is 1.87. The lowest BCUT2D eigenvalue weighted by Gasteiger charge is -2.27. The Bertz CT molecular complexity index is 584. The summed E-state index contributed by atoms with van der Waals surface area (Å²) in [5.41, 5.74) is -0.743. The Balaban J connectivity index is 3.06. The van der Waals surface area contributed by atoms with Gasteiger partial charge in [0.25, 0.3) is 5.91 Å². The van der Waals surface area contributed by atoms with Crippen molar-refractivity contribution in [2.45, 2.75) is 33.4 Å². The van der Waals surface area contributed by atoms with E-state index < -0.39 is 29.9 Å². The third-order valence-corrected chi connectivity index (χ3v) is 3.03. The summed E-state index contributed by atoms with van der Waals surface area (Å²) in [7, 11) is 1.27. The molecular formula is C15H19F2NO5. The van der Waals surface area contributed by atoms with Crippen molar-refractivity contribution in [3.63, 3.8) is 0 Å². The largest absolute Gasteiger partial charge is 0.493 e. The third kappa shape index (κ3) is 5.08. The van der Waals surface area contributed by atoms with Crippen LogP contribution in [-0.2, 0) is 4.79 Å². The lowest BCUT2D eigenvalue weighted by atomic mass is 9.86. The van der Waals surface area contributed by atoms with E-state index in [9.17, 15) is 23.5 Å². The number of ether oxygens (including phenoxy) is 2. The number of carboxylic acids is 1. The minimum atomic E-state index is -3.08. The van der Waals surface area contributed by atoms with E-state index in [1.807, 2.05) is 0 Å². The summed E-state index contributed by atoms with van der Waals surface area (Å²) in [5.74, 6) is -2.18. The van der Waals surface area contributed by atoms with E-state index in [2.05, 4.69) is 10.1 Å². The van der Waals surface area contributed by atoms with Gasteiger partial charge in [0.2, 0.25) is 0 Å². The number of carbonyl (C=O) groups is 2. The molecule has 0 spiro atoms. The second kappa shape index (κ2) is 7.26. The van der Waals surface area contributed by atoms with E-state index in [1.165, 1.54) is 19.2 Å². The van der Waals surface area contributed by atoms with E-state index in [0.29, 0.717) is 0 Å². The summed E-state index contributed by atoms with van der Waals surface area (Å²) in [5, 5.41) is 11.6. The van der Waals surface area contributed by atoms with Crippen LogP contribution in [0.2, 0.25) is 0 Å². The van der Waals surface area contributed by atoms with Gasteiger partial charge in [-0.1, -0.05) is 20.8 Å². The molecule has 0 aromatic heterocycles. The summed E-state index contributed by atoms with van der Waals surface area (Å²) in [6.45, 7) is 1.89. The van der Waals surface area contributed by atoms with Crippen molar-refractivity contribution in [3.8, 4) is 11.5 Å². The van der Waals surface area contributed by atoms with Crippen LogP contribution in [0.25, 0.3) is 0 Å². The number of amides is 1. The molecule has 0 aliphatic rings. The molecule has 0 unspecified atom stereocenters. The first-order valence-electron chi connectivity index (χ1n) is 6.72. The number of methoxy groups -OCH3 is 1. The fourth-order valence-electron chi connectivity index (χ4n) is 1.87. The van der Waals surface area contributed by atoms with Gasteiger partial charge in [-0.05, 0) is 23.6 Å². The molecule has 0 saturated heterocycles. The maximum absolute atomic E-state index is 12.4. The van der Waals surface area contributed by atoms with Crippen molar-refractivity contribution in [3.05, 3.63) is 23.8 Å². The van der Waals surface area contributed by atoms with Crippen molar-refractivity contribution >= 4 is 11.9 Å². The van der Waals surface area contributed by atoms with Gasteiger partial charge in [-0.15, -0.1) is 0 Å². The van der Waals surface area contributed by atoms with Gasteiger partial charge in [-0.3, -0.25) is 4.79 Å². The molecule has 1 atom stereocenters. The average Bonchev–Trinajstić information content (AvgIpc) is 2.42. The molecule has 8 heteroatoms. The molecular weight excluding hydrogens is 312 g/mol. The number of nitrogens with one attached hydrogen (secondary N) is 1. The van der Waals surface area contributed by atoms with Gasteiger partial charge in [0.05, 0.1) is 7.11 Å². The quantitative estimate of drug-likeness (QED) is 0.837. The Labute approximate surface area is 132 Å². The standard InChI is InChI=1S/C15H19F2NO5/c1-15(2,3)11(13(20)21)18-12(19)8-5-6-9(22-4)10(7-8)23-14(16)17/h5-7,11,14H,1-4H3,(H,18,19)(H,20,21)/t11-/m0/s1. The molecule has 1 rings (SSSR count). The minimum absolute atomic E-state index is 0.0167. The van der Waals surface area contributed by atoms with Gasteiger partial charge < -0.3 is 19.9 Å². The lowest BCUT2D eigenvalue weighted by molar-refractivity contribution is -0.142. The van der Waals surface area contributed by atoms with E-state index in [4.69, 9.17) is 4.74 Å². The van der Waals surface area contributed by atoms with Crippen LogP contribution in [0.1, 0.15) is 31.1 Å². The predicted molar refractivity (Wildman–Crippen MR) is 78.0 cm³/mol. The number of benzene rings is 1. The predicted octanol–water partition coefficient (Wildman–Crippen LogP) is 2.53. The molecule has 0 bridgehead atoms. The van der Waals surface area contributed by atoms with Gasteiger partial charge >= 0.3 is 12.6 Å². The number of hydrogen-bond donors (Lipinski definition) is 2. The molecule has 1 aromatic carbocycles.